The highest BCUT2D eigenvalue weighted by Gasteiger charge is 2.47. The maximum atomic E-state index is 12.7. The average Bonchev–Trinajstić information content (AvgIpc) is 2.90. The van der Waals surface area contributed by atoms with E-state index in [-0.39, 0.29) is 18.6 Å². The third-order valence-corrected chi connectivity index (χ3v) is 6.76. The Morgan fingerprint density at radius 2 is 1.48 bits per heavy atom. The van der Waals surface area contributed by atoms with Crippen LogP contribution >= 0.6 is 0 Å². The molecular weight excluding hydrogens is 529 g/mol. The van der Waals surface area contributed by atoms with E-state index in [0.29, 0.717) is 24.3 Å². The molecule has 0 bridgehead atoms. The first kappa shape index (κ1) is 31.4. The number of esters is 2. The highest BCUT2D eigenvalue weighted by Crippen LogP contribution is 2.33. The summed E-state index contributed by atoms with van der Waals surface area (Å²) in [5, 5.41) is 0. The van der Waals surface area contributed by atoms with Gasteiger partial charge in [0.15, 0.2) is 12.4 Å². The summed E-state index contributed by atoms with van der Waals surface area (Å²) < 4.78 is 66.8. The number of carbonyl (C=O) groups is 2. The summed E-state index contributed by atoms with van der Waals surface area (Å²) in [7, 11) is 0. The van der Waals surface area contributed by atoms with Crippen molar-refractivity contribution >= 4 is 11.9 Å². The van der Waals surface area contributed by atoms with Gasteiger partial charge in [-0.3, -0.25) is 9.59 Å². The molecule has 0 spiro atoms. The summed E-state index contributed by atoms with van der Waals surface area (Å²) in [6, 6.07) is 12.5. The summed E-state index contributed by atoms with van der Waals surface area (Å²) in [6.45, 7) is 7.03. The zero-order chi connectivity index (χ0) is 29.3. The molecule has 1 fully saturated rings. The zero-order valence-corrected chi connectivity index (χ0v) is 23.2. The largest absolute Gasteiger partial charge is 0.489 e. The van der Waals surface area contributed by atoms with E-state index in [1.807, 2.05) is 38.1 Å². The van der Waals surface area contributed by atoms with Crippen LogP contribution in [0, 0.1) is 5.92 Å². The Morgan fingerprint density at radius 1 is 0.875 bits per heavy atom. The monoisotopic (exact) mass is 566 g/mol. The fourth-order valence-corrected chi connectivity index (χ4v) is 4.66. The molecule has 1 aliphatic heterocycles. The van der Waals surface area contributed by atoms with Gasteiger partial charge in [0.2, 0.25) is 0 Å². The van der Waals surface area contributed by atoms with Crippen LogP contribution < -0.4 is 4.74 Å². The molecule has 0 aliphatic carbocycles. The van der Waals surface area contributed by atoms with Crippen molar-refractivity contribution in [3.8, 4) is 5.75 Å². The molecule has 1 aliphatic rings. The molecule has 0 aromatic heterocycles. The van der Waals surface area contributed by atoms with Gasteiger partial charge in [-0.05, 0) is 61.1 Å². The van der Waals surface area contributed by atoms with E-state index in [1.165, 1.54) is 26.0 Å². The van der Waals surface area contributed by atoms with Gasteiger partial charge in [0, 0.05) is 26.4 Å². The maximum Gasteiger partial charge on any atom is 0.416 e. The number of carbonyl (C=O) groups excluding carboxylic acids is 2. The van der Waals surface area contributed by atoms with Crippen molar-refractivity contribution in [2.24, 2.45) is 5.92 Å². The first-order valence-electron chi connectivity index (χ1n) is 13.5. The van der Waals surface area contributed by atoms with Crippen molar-refractivity contribution in [2.75, 3.05) is 6.61 Å². The molecule has 2 aromatic rings. The number of halogens is 3. The van der Waals surface area contributed by atoms with Gasteiger partial charge in [-0.2, -0.15) is 13.2 Å². The van der Waals surface area contributed by atoms with Crippen LogP contribution in [0.4, 0.5) is 13.2 Å². The molecular formula is C30H37F3O7. The minimum Gasteiger partial charge on any atom is -0.489 e. The molecule has 0 amide bonds. The topological polar surface area (TPSA) is 80.3 Å². The number of ether oxygens (including phenoxy) is 5. The Kier molecular flexibility index (Phi) is 11.4. The van der Waals surface area contributed by atoms with Gasteiger partial charge in [-0.25, -0.2) is 0 Å². The minimum absolute atomic E-state index is 0.167. The van der Waals surface area contributed by atoms with Crippen LogP contribution in [0.3, 0.4) is 0 Å². The first-order chi connectivity index (χ1) is 19.0. The molecule has 3 rings (SSSR count). The SMILES string of the molecule is CC[C@H]1O[C@@H](OCCCCc2ccc(OCc3ccc(C(F)(F)F)cc3)cc2)[C@H](OC(C)=O)[C@@H](OC(C)=O)[C@@H]1C. The third kappa shape index (κ3) is 9.23. The van der Waals surface area contributed by atoms with Crippen molar-refractivity contribution in [1.82, 2.24) is 0 Å². The number of benzene rings is 2. The van der Waals surface area contributed by atoms with Crippen LogP contribution in [0.25, 0.3) is 0 Å². The molecule has 0 saturated carbocycles. The smallest absolute Gasteiger partial charge is 0.416 e. The second-order valence-electron chi connectivity index (χ2n) is 9.91. The standard InChI is InChI=1S/C30H37F3O7/c1-5-26-19(2)27(38-20(3)34)28(39-21(4)35)29(40-26)36-17-7-6-8-22-11-15-25(16-12-22)37-18-23-9-13-24(14-10-23)30(31,32)33/h9-16,19,26-29H,5-8,17-18H2,1-4H3/t19-,26-,27+,28-,29-/m1/s1. The summed E-state index contributed by atoms with van der Waals surface area (Å²) in [5.41, 5.74) is 1.06. The van der Waals surface area contributed by atoms with E-state index in [2.05, 4.69) is 0 Å². The number of rotatable bonds is 12. The third-order valence-electron chi connectivity index (χ3n) is 6.76. The summed E-state index contributed by atoms with van der Waals surface area (Å²) >= 11 is 0. The predicted molar refractivity (Wildman–Crippen MR) is 140 cm³/mol. The van der Waals surface area contributed by atoms with Gasteiger partial charge in [-0.1, -0.05) is 38.1 Å². The molecule has 10 heteroatoms. The van der Waals surface area contributed by atoms with E-state index in [4.69, 9.17) is 23.7 Å². The van der Waals surface area contributed by atoms with Crippen LogP contribution in [-0.4, -0.2) is 43.1 Å². The molecule has 7 nitrogen and oxygen atoms in total. The van der Waals surface area contributed by atoms with E-state index in [1.54, 1.807) is 0 Å². The Labute approximate surface area is 232 Å². The zero-order valence-electron chi connectivity index (χ0n) is 23.2. The van der Waals surface area contributed by atoms with Gasteiger partial charge >= 0.3 is 18.1 Å². The van der Waals surface area contributed by atoms with Crippen molar-refractivity contribution in [2.45, 2.75) is 90.8 Å². The number of aryl methyl sites for hydroxylation is 1. The fourth-order valence-electron chi connectivity index (χ4n) is 4.66. The molecule has 5 atom stereocenters. The number of unbranched alkanes of at least 4 members (excludes halogenated alkanes) is 1. The quantitative estimate of drug-likeness (QED) is 0.222. The van der Waals surface area contributed by atoms with Gasteiger partial charge in [0.25, 0.3) is 0 Å². The Hall–Kier alpha value is -3.11. The van der Waals surface area contributed by atoms with Crippen molar-refractivity contribution < 1.29 is 46.4 Å². The Bertz CT molecular complexity index is 1090. The lowest BCUT2D eigenvalue weighted by Crippen LogP contribution is -2.57. The van der Waals surface area contributed by atoms with Crippen LogP contribution in [-0.2, 0) is 47.7 Å². The lowest BCUT2D eigenvalue weighted by molar-refractivity contribution is -0.290. The van der Waals surface area contributed by atoms with Crippen molar-refractivity contribution in [1.29, 1.82) is 0 Å². The molecule has 0 radical (unpaired) electrons. The highest BCUT2D eigenvalue weighted by atomic mass is 19.4. The second kappa shape index (κ2) is 14.5. The van der Waals surface area contributed by atoms with Crippen LogP contribution in [0.15, 0.2) is 48.5 Å². The van der Waals surface area contributed by atoms with Crippen LogP contribution in [0.5, 0.6) is 5.75 Å². The van der Waals surface area contributed by atoms with Crippen LogP contribution in [0.2, 0.25) is 0 Å². The molecule has 2 aromatic carbocycles. The Morgan fingerprint density at radius 3 is 2.05 bits per heavy atom. The minimum atomic E-state index is -4.36. The number of alkyl halides is 3. The molecule has 40 heavy (non-hydrogen) atoms. The van der Waals surface area contributed by atoms with E-state index in [9.17, 15) is 22.8 Å². The fraction of sp³-hybridized carbons (Fsp3) is 0.533. The van der Waals surface area contributed by atoms with Crippen molar-refractivity contribution in [3.05, 3.63) is 65.2 Å². The van der Waals surface area contributed by atoms with E-state index in [0.717, 1.165) is 37.0 Å². The first-order valence-corrected chi connectivity index (χ1v) is 13.5. The maximum absolute atomic E-state index is 12.7. The number of hydrogen-bond acceptors (Lipinski definition) is 7. The molecule has 0 unspecified atom stereocenters. The lowest BCUT2D eigenvalue weighted by Gasteiger charge is -2.43. The van der Waals surface area contributed by atoms with Crippen LogP contribution in [0.1, 0.15) is 63.6 Å². The van der Waals surface area contributed by atoms with Gasteiger partial charge in [0.1, 0.15) is 18.5 Å². The molecule has 1 heterocycles. The van der Waals surface area contributed by atoms with Gasteiger partial charge in [0.05, 0.1) is 11.7 Å². The average molecular weight is 567 g/mol. The lowest BCUT2D eigenvalue weighted by atomic mass is 9.89. The second-order valence-corrected chi connectivity index (χ2v) is 9.91. The van der Waals surface area contributed by atoms with Crippen molar-refractivity contribution in [3.63, 3.8) is 0 Å². The summed E-state index contributed by atoms with van der Waals surface area (Å²) in [6.07, 6.45) is -3.87. The normalized spacial score (nSPS) is 22.9. The van der Waals surface area contributed by atoms with Gasteiger partial charge in [-0.15, -0.1) is 0 Å². The highest BCUT2D eigenvalue weighted by molar-refractivity contribution is 5.67. The molecule has 220 valence electrons. The summed E-state index contributed by atoms with van der Waals surface area (Å²) in [5.74, 6) is -0.506. The molecule has 1 saturated heterocycles. The van der Waals surface area contributed by atoms with Gasteiger partial charge < -0.3 is 23.7 Å². The van der Waals surface area contributed by atoms with E-state index >= 15 is 0 Å². The predicted octanol–water partition coefficient (Wildman–Crippen LogP) is 6.26. The Balaban J connectivity index is 1.45. The van der Waals surface area contributed by atoms with E-state index < -0.39 is 42.2 Å². The summed E-state index contributed by atoms with van der Waals surface area (Å²) in [4.78, 5) is 23.4. The number of hydrogen-bond donors (Lipinski definition) is 0. The molecule has 0 N–H and O–H groups in total.